The molecule has 0 radical (unpaired) electrons. The van der Waals surface area contributed by atoms with Crippen LogP contribution in [0.4, 0.5) is 0 Å². The number of ether oxygens (including phenoxy) is 1. The van der Waals surface area contributed by atoms with Crippen molar-refractivity contribution in [2.24, 2.45) is 5.16 Å². The Morgan fingerprint density at radius 3 is 2.43 bits per heavy atom. The van der Waals surface area contributed by atoms with E-state index in [0.717, 1.165) is 11.8 Å². The molecule has 35 heavy (non-hydrogen) atoms. The Bertz CT molecular complexity index is 1430. The smallest absolute Gasteiger partial charge is 0.620 e. The van der Waals surface area contributed by atoms with Crippen molar-refractivity contribution < 1.29 is 32.6 Å². The molecule has 0 fully saturated rings. The van der Waals surface area contributed by atoms with Crippen LogP contribution in [0.5, 0.6) is 5.88 Å². The Morgan fingerprint density at radius 1 is 1.17 bits per heavy atom. The SMILES string of the molecule is COc1cnn(-c2ccc(-c3ccn(CCC(C)(C4=NO[B-](O)(O)O4)S(C)(=O)=O)c(=O)c3)cc2)n1. The van der Waals surface area contributed by atoms with Crippen molar-refractivity contribution in [2.75, 3.05) is 13.4 Å². The van der Waals surface area contributed by atoms with Gasteiger partial charge in [0.05, 0.1) is 12.8 Å². The van der Waals surface area contributed by atoms with Gasteiger partial charge in [0.1, 0.15) is 10.9 Å². The van der Waals surface area contributed by atoms with Gasteiger partial charge in [-0.25, -0.2) is 8.42 Å². The number of hydrogen-bond donors (Lipinski definition) is 2. The fourth-order valence-corrected chi connectivity index (χ4v) is 4.30. The lowest BCUT2D eigenvalue weighted by Crippen LogP contribution is -2.48. The number of pyridine rings is 1. The number of nitrogens with zero attached hydrogens (tertiary/aromatic N) is 5. The van der Waals surface area contributed by atoms with Gasteiger partial charge in [0.25, 0.3) is 11.4 Å². The van der Waals surface area contributed by atoms with E-state index >= 15 is 0 Å². The summed E-state index contributed by atoms with van der Waals surface area (Å²) in [5.74, 6) is -0.101. The lowest BCUT2D eigenvalue weighted by Gasteiger charge is -2.30. The van der Waals surface area contributed by atoms with E-state index in [0.29, 0.717) is 17.1 Å². The maximum absolute atomic E-state index is 12.7. The molecular weight excluding hydrogens is 481 g/mol. The van der Waals surface area contributed by atoms with Gasteiger partial charge in [-0.05, 0) is 42.7 Å². The molecule has 1 unspecified atom stereocenters. The lowest BCUT2D eigenvalue weighted by atomic mass is 10.0. The molecule has 0 saturated heterocycles. The van der Waals surface area contributed by atoms with Gasteiger partial charge < -0.3 is 28.8 Å². The highest BCUT2D eigenvalue weighted by atomic mass is 32.2. The molecule has 1 aliphatic rings. The molecule has 1 aromatic carbocycles. The van der Waals surface area contributed by atoms with Gasteiger partial charge in [0.15, 0.2) is 15.7 Å². The summed E-state index contributed by atoms with van der Waals surface area (Å²) >= 11 is 0. The minimum absolute atomic E-state index is 0.00629. The normalized spacial score (nSPS) is 16.7. The van der Waals surface area contributed by atoms with E-state index in [1.54, 1.807) is 24.4 Å². The zero-order valence-corrected chi connectivity index (χ0v) is 19.9. The van der Waals surface area contributed by atoms with Gasteiger partial charge in [-0.15, -0.1) is 9.90 Å². The molecule has 13 nitrogen and oxygen atoms in total. The molecule has 0 saturated carbocycles. The third-order valence-corrected chi connectivity index (χ3v) is 7.76. The number of sulfone groups is 1. The lowest BCUT2D eigenvalue weighted by molar-refractivity contribution is 0.102. The van der Waals surface area contributed by atoms with Crippen LogP contribution in [0.15, 0.2) is 58.7 Å². The highest BCUT2D eigenvalue weighted by Crippen LogP contribution is 2.29. The van der Waals surface area contributed by atoms with E-state index in [2.05, 4.69) is 20.1 Å². The van der Waals surface area contributed by atoms with Gasteiger partial charge in [0.2, 0.25) is 0 Å². The maximum Gasteiger partial charge on any atom is 0.668 e. The Morgan fingerprint density at radius 2 is 1.89 bits per heavy atom. The predicted octanol–water partition coefficient (Wildman–Crippen LogP) is 0.0785. The van der Waals surface area contributed by atoms with Crippen molar-refractivity contribution in [3.05, 3.63) is 59.1 Å². The summed E-state index contributed by atoms with van der Waals surface area (Å²) in [5, 5.41) is 30.6. The number of rotatable bonds is 8. The first kappa shape index (κ1) is 24.4. The van der Waals surface area contributed by atoms with Crippen LogP contribution < -0.4 is 10.3 Å². The van der Waals surface area contributed by atoms with Crippen molar-refractivity contribution in [3.8, 4) is 22.7 Å². The summed E-state index contributed by atoms with van der Waals surface area (Å²) in [6.45, 7) is -2.41. The molecule has 4 rings (SSSR count). The van der Waals surface area contributed by atoms with E-state index in [9.17, 15) is 23.3 Å². The van der Waals surface area contributed by atoms with Crippen molar-refractivity contribution in [3.63, 3.8) is 0 Å². The molecule has 0 amide bonds. The van der Waals surface area contributed by atoms with Gasteiger partial charge in [-0.1, -0.05) is 17.3 Å². The first-order valence-electron chi connectivity index (χ1n) is 10.4. The van der Waals surface area contributed by atoms with Gasteiger partial charge in [0, 0.05) is 25.1 Å². The van der Waals surface area contributed by atoms with E-state index < -0.39 is 27.4 Å². The van der Waals surface area contributed by atoms with Crippen molar-refractivity contribution >= 4 is 22.7 Å². The van der Waals surface area contributed by atoms with Gasteiger partial charge in [-0.3, -0.25) is 4.79 Å². The highest BCUT2D eigenvalue weighted by Gasteiger charge is 2.48. The summed E-state index contributed by atoms with van der Waals surface area (Å²) in [7, 11) is -2.34. The van der Waals surface area contributed by atoms with Crippen molar-refractivity contribution in [1.29, 1.82) is 0 Å². The quantitative estimate of drug-likeness (QED) is 0.401. The molecule has 15 heteroatoms. The molecule has 1 atom stereocenters. The van der Waals surface area contributed by atoms with Crippen LogP contribution in [-0.2, 0) is 25.8 Å². The minimum Gasteiger partial charge on any atom is -0.620 e. The monoisotopic (exact) mass is 504 g/mol. The second kappa shape index (κ2) is 8.83. The van der Waals surface area contributed by atoms with Crippen LogP contribution in [-0.4, -0.2) is 69.0 Å². The number of aromatic nitrogens is 4. The first-order valence-corrected chi connectivity index (χ1v) is 12.3. The molecule has 3 aromatic rings. The van der Waals surface area contributed by atoms with Crippen LogP contribution in [0.1, 0.15) is 13.3 Å². The predicted molar refractivity (Wildman–Crippen MR) is 125 cm³/mol. The third kappa shape index (κ3) is 4.92. The topological polar surface area (TPSA) is 167 Å². The average Bonchev–Trinajstić information content (AvgIpc) is 3.44. The fraction of sp³-hybridized carbons (Fsp3) is 0.300. The summed E-state index contributed by atoms with van der Waals surface area (Å²) < 4.78 is 38.7. The Labute approximate surface area is 200 Å². The average molecular weight is 504 g/mol. The van der Waals surface area contributed by atoms with Gasteiger partial charge in [-0.2, -0.15) is 5.10 Å². The molecule has 3 heterocycles. The van der Waals surface area contributed by atoms with Crippen LogP contribution in [0.25, 0.3) is 16.8 Å². The van der Waals surface area contributed by atoms with E-state index in [1.165, 1.54) is 35.7 Å². The highest BCUT2D eigenvalue weighted by molar-refractivity contribution is 7.92. The molecule has 0 aliphatic carbocycles. The zero-order valence-electron chi connectivity index (χ0n) is 19.1. The number of hydrogen-bond acceptors (Lipinski definition) is 11. The summed E-state index contributed by atoms with van der Waals surface area (Å²) in [4.78, 5) is 14.2. The number of methoxy groups -OCH3 is 1. The van der Waals surface area contributed by atoms with Crippen LogP contribution in [0.3, 0.4) is 0 Å². The van der Waals surface area contributed by atoms with E-state index in [-0.39, 0.29) is 18.5 Å². The molecule has 1 aliphatic heterocycles. The van der Waals surface area contributed by atoms with Crippen LogP contribution >= 0.6 is 0 Å². The zero-order chi connectivity index (χ0) is 25.4. The fourth-order valence-electron chi connectivity index (χ4n) is 3.44. The number of oxime groups is 1. The minimum atomic E-state index is -3.84. The molecule has 2 aromatic heterocycles. The van der Waals surface area contributed by atoms with Crippen LogP contribution in [0, 0.1) is 0 Å². The van der Waals surface area contributed by atoms with Gasteiger partial charge >= 0.3 is 6.96 Å². The number of benzene rings is 1. The first-order chi connectivity index (χ1) is 16.4. The largest absolute Gasteiger partial charge is 0.668 e. The molecule has 2 N–H and O–H groups in total. The van der Waals surface area contributed by atoms with E-state index in [1.807, 2.05) is 12.1 Å². The molecular formula is C20H23BN5O8S-. The second-order valence-electron chi connectivity index (χ2n) is 8.18. The molecule has 0 spiro atoms. The summed E-state index contributed by atoms with van der Waals surface area (Å²) in [5.41, 5.74) is 1.81. The van der Waals surface area contributed by atoms with Crippen molar-refractivity contribution in [2.45, 2.75) is 24.6 Å². The van der Waals surface area contributed by atoms with E-state index in [4.69, 9.17) is 9.39 Å². The summed E-state index contributed by atoms with van der Waals surface area (Å²) in [6, 6.07) is 10.4. The Hall–Kier alpha value is -3.69. The van der Waals surface area contributed by atoms with Crippen LogP contribution in [0.2, 0.25) is 0 Å². The maximum atomic E-state index is 12.7. The molecule has 186 valence electrons. The summed E-state index contributed by atoms with van der Waals surface area (Å²) in [6.07, 6.45) is 3.87. The Balaban J connectivity index is 1.52. The second-order valence-corrected chi connectivity index (χ2v) is 10.6. The molecule has 0 bridgehead atoms. The number of aryl methyl sites for hydroxylation is 1. The Kier molecular flexibility index (Phi) is 6.17. The van der Waals surface area contributed by atoms with Crippen molar-refractivity contribution in [1.82, 2.24) is 19.6 Å². The standard InChI is InChI=1S/C20H23BN5O8S/c1-20(35(3,30)31,19-24-34-21(28,29)33-19)9-11-25-10-8-15(12-18(25)27)14-4-6-16(7-5-14)26-22-13-17(23-26)32-2/h4-8,10,12-13,28-29H,9,11H2,1-3H3/q-1. The third-order valence-electron chi connectivity index (χ3n) is 5.75.